The normalized spacial score (nSPS) is 11.9. The number of rotatable bonds is 8. The summed E-state index contributed by atoms with van der Waals surface area (Å²) in [4.78, 5) is 13.2. The van der Waals surface area contributed by atoms with Gasteiger partial charge in [-0.05, 0) is 47.5 Å². The number of aliphatic hydroxyl groups is 1. The summed E-state index contributed by atoms with van der Waals surface area (Å²) in [5.41, 5.74) is -0.636. The second-order valence-corrected chi connectivity index (χ2v) is 9.39. The van der Waals surface area contributed by atoms with Crippen molar-refractivity contribution in [3.05, 3.63) is 143 Å². The molecular formula is C32H22F4N4O3. The lowest BCUT2D eigenvalue weighted by molar-refractivity contribution is -0.141. The third-order valence-electron chi connectivity index (χ3n) is 6.46. The van der Waals surface area contributed by atoms with Crippen molar-refractivity contribution in [2.24, 2.45) is 0 Å². The predicted molar refractivity (Wildman–Crippen MR) is 149 cm³/mol. The van der Waals surface area contributed by atoms with Gasteiger partial charge >= 0.3 is 6.18 Å². The van der Waals surface area contributed by atoms with E-state index in [0.717, 1.165) is 16.3 Å². The molecule has 0 radical (unpaired) electrons. The van der Waals surface area contributed by atoms with E-state index in [1.54, 1.807) is 24.3 Å². The van der Waals surface area contributed by atoms with E-state index in [2.05, 4.69) is 10.4 Å². The van der Waals surface area contributed by atoms with Crippen LogP contribution in [0.25, 0.3) is 5.69 Å². The number of nitriles is 1. The van der Waals surface area contributed by atoms with Gasteiger partial charge in [0.2, 0.25) is 0 Å². The maximum absolute atomic E-state index is 14.9. The van der Waals surface area contributed by atoms with Crippen LogP contribution in [0.1, 0.15) is 44.5 Å². The molecule has 1 heterocycles. The van der Waals surface area contributed by atoms with E-state index in [0.29, 0.717) is 17.4 Å². The smallest absolute Gasteiger partial charge is 0.435 e. The molecule has 1 aromatic heterocycles. The highest BCUT2D eigenvalue weighted by molar-refractivity contribution is 6.03. The lowest BCUT2D eigenvalue weighted by Gasteiger charge is -2.18. The highest BCUT2D eigenvalue weighted by Gasteiger charge is 2.36. The Hall–Kier alpha value is -5.47. The van der Waals surface area contributed by atoms with Gasteiger partial charge in [-0.15, -0.1) is 0 Å². The van der Waals surface area contributed by atoms with Crippen LogP contribution in [0.3, 0.4) is 0 Å². The van der Waals surface area contributed by atoms with Crippen molar-refractivity contribution in [3.63, 3.8) is 0 Å². The summed E-state index contributed by atoms with van der Waals surface area (Å²) in [6, 6.07) is 27.6. The first kappa shape index (κ1) is 29.0. The number of nitrogens with one attached hydrogen (secondary N) is 1. The van der Waals surface area contributed by atoms with E-state index >= 15 is 0 Å². The molecule has 11 heteroatoms. The van der Waals surface area contributed by atoms with E-state index in [4.69, 9.17) is 4.74 Å². The van der Waals surface area contributed by atoms with Gasteiger partial charge in [-0.1, -0.05) is 60.7 Å². The van der Waals surface area contributed by atoms with Crippen molar-refractivity contribution in [1.82, 2.24) is 9.78 Å². The molecule has 5 aromatic rings. The molecule has 0 aliphatic carbocycles. The third-order valence-corrected chi connectivity index (χ3v) is 6.46. The van der Waals surface area contributed by atoms with E-state index < -0.39 is 35.4 Å². The zero-order valence-corrected chi connectivity index (χ0v) is 22.2. The number of aliphatic hydroxyl groups excluding tert-OH is 1. The van der Waals surface area contributed by atoms with Crippen LogP contribution in [0.2, 0.25) is 0 Å². The lowest BCUT2D eigenvalue weighted by atomic mass is 10.00. The van der Waals surface area contributed by atoms with Crippen molar-refractivity contribution in [1.29, 1.82) is 5.26 Å². The van der Waals surface area contributed by atoms with Crippen LogP contribution in [0.4, 0.5) is 23.2 Å². The molecule has 0 bridgehead atoms. The summed E-state index contributed by atoms with van der Waals surface area (Å²) >= 11 is 0. The fourth-order valence-corrected chi connectivity index (χ4v) is 4.33. The van der Waals surface area contributed by atoms with Gasteiger partial charge in [0, 0.05) is 11.6 Å². The average molecular weight is 587 g/mol. The van der Waals surface area contributed by atoms with E-state index in [1.165, 1.54) is 36.4 Å². The van der Waals surface area contributed by atoms with Crippen LogP contribution >= 0.6 is 0 Å². The molecule has 216 valence electrons. The number of amides is 1. The van der Waals surface area contributed by atoms with Crippen LogP contribution in [-0.2, 0) is 12.8 Å². The van der Waals surface area contributed by atoms with Gasteiger partial charge in [-0.2, -0.15) is 23.5 Å². The van der Waals surface area contributed by atoms with Crippen LogP contribution in [-0.4, -0.2) is 20.8 Å². The van der Waals surface area contributed by atoms with Gasteiger partial charge in [0.1, 0.15) is 30.0 Å². The number of alkyl halides is 3. The van der Waals surface area contributed by atoms with Gasteiger partial charge < -0.3 is 15.2 Å². The number of nitrogens with zero attached hydrogens (tertiary/aromatic N) is 3. The monoisotopic (exact) mass is 586 g/mol. The van der Waals surface area contributed by atoms with E-state index in [9.17, 15) is 32.7 Å². The highest BCUT2D eigenvalue weighted by atomic mass is 19.4. The number of carbonyl (C=O) groups is 1. The molecule has 0 aliphatic heterocycles. The summed E-state index contributed by atoms with van der Waals surface area (Å²) in [7, 11) is 0. The van der Waals surface area contributed by atoms with Crippen LogP contribution in [0.15, 0.2) is 103 Å². The number of aromatic nitrogens is 2. The molecule has 0 fully saturated rings. The fraction of sp³-hybridized carbons (Fsp3) is 0.0938. The molecule has 0 saturated carbocycles. The number of hydrogen-bond acceptors (Lipinski definition) is 5. The minimum Gasteiger partial charge on any atom is -0.489 e. The Bertz CT molecular complexity index is 1810. The van der Waals surface area contributed by atoms with E-state index in [-0.39, 0.29) is 29.1 Å². The molecular weight excluding hydrogens is 564 g/mol. The first-order valence-corrected chi connectivity index (χ1v) is 12.9. The van der Waals surface area contributed by atoms with Crippen molar-refractivity contribution in [2.75, 3.05) is 5.32 Å². The zero-order chi connectivity index (χ0) is 30.6. The molecule has 1 unspecified atom stereocenters. The van der Waals surface area contributed by atoms with Crippen LogP contribution < -0.4 is 10.1 Å². The zero-order valence-electron chi connectivity index (χ0n) is 22.2. The Morgan fingerprint density at radius 1 is 0.977 bits per heavy atom. The highest BCUT2D eigenvalue weighted by Crippen LogP contribution is 2.33. The number of anilines is 1. The number of ether oxygens (including phenoxy) is 1. The maximum Gasteiger partial charge on any atom is 0.435 e. The van der Waals surface area contributed by atoms with Gasteiger partial charge in [0.15, 0.2) is 5.69 Å². The lowest BCUT2D eigenvalue weighted by Crippen LogP contribution is -2.18. The number of carbonyl (C=O) groups excluding carboxylic acids is 1. The quantitative estimate of drug-likeness (QED) is 0.195. The molecule has 1 amide bonds. The molecule has 2 N–H and O–H groups in total. The van der Waals surface area contributed by atoms with Crippen molar-refractivity contribution in [2.45, 2.75) is 18.9 Å². The Morgan fingerprint density at radius 3 is 2.47 bits per heavy atom. The molecule has 43 heavy (non-hydrogen) atoms. The maximum atomic E-state index is 14.9. The molecule has 4 aromatic carbocycles. The van der Waals surface area contributed by atoms with Crippen LogP contribution in [0, 0.1) is 17.1 Å². The summed E-state index contributed by atoms with van der Waals surface area (Å²) in [5, 5.41) is 26.2. The molecule has 0 saturated heterocycles. The van der Waals surface area contributed by atoms with Crippen LogP contribution in [0.5, 0.6) is 5.75 Å². The second kappa shape index (κ2) is 12.2. The largest absolute Gasteiger partial charge is 0.489 e. The molecule has 7 nitrogen and oxygen atoms in total. The Balaban J connectivity index is 1.43. The van der Waals surface area contributed by atoms with Gasteiger partial charge in [0.05, 0.1) is 23.0 Å². The average Bonchev–Trinajstić information content (AvgIpc) is 3.48. The van der Waals surface area contributed by atoms with E-state index in [1.807, 2.05) is 36.4 Å². The number of halogens is 4. The Labute approximate surface area is 243 Å². The summed E-state index contributed by atoms with van der Waals surface area (Å²) in [6.07, 6.45) is -6.17. The fourth-order valence-electron chi connectivity index (χ4n) is 4.33. The summed E-state index contributed by atoms with van der Waals surface area (Å²) < 4.78 is 62.1. The first-order chi connectivity index (χ1) is 20.6. The van der Waals surface area contributed by atoms with Crippen molar-refractivity contribution >= 4 is 11.6 Å². The SMILES string of the molecule is N#Cc1cccc(-n2nc(C(F)(F)F)cc2C(=O)Nc2cc(C(O)c3ccccc3OCc3ccccc3)ccc2F)c1. The standard InChI is InChI=1S/C32H22F4N4O3/c33-25-14-13-22(30(41)24-11-4-5-12-28(24)43-19-20-7-2-1-3-8-20)16-26(25)38-31(42)27-17-29(32(34,35)36)39-40(27)23-10-6-9-21(15-23)18-37/h1-17,30,41H,19H2,(H,38,42). The Kier molecular flexibility index (Phi) is 8.23. The molecule has 0 aliphatic rings. The summed E-state index contributed by atoms with van der Waals surface area (Å²) in [5.74, 6) is -1.59. The Morgan fingerprint density at radius 2 is 1.72 bits per heavy atom. The minimum atomic E-state index is -4.88. The first-order valence-electron chi connectivity index (χ1n) is 12.9. The predicted octanol–water partition coefficient (Wildman–Crippen LogP) is 6.81. The number of hydrogen-bond donors (Lipinski definition) is 2. The summed E-state index contributed by atoms with van der Waals surface area (Å²) in [6.45, 7) is 0.236. The third kappa shape index (κ3) is 6.55. The number of benzene rings is 4. The van der Waals surface area contributed by atoms with Crippen molar-refractivity contribution in [3.8, 4) is 17.5 Å². The molecule has 1 atom stereocenters. The molecule has 5 rings (SSSR count). The topological polar surface area (TPSA) is 100 Å². The van der Waals surface area contributed by atoms with Crippen molar-refractivity contribution < 1.29 is 32.2 Å². The number of para-hydroxylation sites is 1. The van der Waals surface area contributed by atoms with Gasteiger partial charge in [-0.3, -0.25) is 4.79 Å². The van der Waals surface area contributed by atoms with Gasteiger partial charge in [0.25, 0.3) is 5.91 Å². The molecule has 0 spiro atoms. The minimum absolute atomic E-state index is 0.0245. The second-order valence-electron chi connectivity index (χ2n) is 9.39. The van der Waals surface area contributed by atoms with Gasteiger partial charge in [-0.25, -0.2) is 9.07 Å².